The van der Waals surface area contributed by atoms with Crippen molar-refractivity contribution in [3.8, 4) is 0 Å². The van der Waals surface area contributed by atoms with Crippen LogP contribution in [-0.4, -0.2) is 45.4 Å². The molecule has 1 aliphatic heterocycles. The quantitative estimate of drug-likeness (QED) is 0.728. The summed E-state index contributed by atoms with van der Waals surface area (Å²) in [6.07, 6.45) is -3.76. The molecule has 3 atom stereocenters. The van der Waals surface area contributed by atoms with Crippen molar-refractivity contribution in [3.63, 3.8) is 0 Å². The largest absolute Gasteiger partial charge is 0.394 e. The molecule has 2 heterocycles. The molecule has 3 N–H and O–H groups in total. The van der Waals surface area contributed by atoms with E-state index in [1.165, 1.54) is 6.07 Å². The minimum Gasteiger partial charge on any atom is -0.394 e. The first-order valence-corrected chi connectivity index (χ1v) is 7.15. The molecular weight excluding hydrogens is 314 g/mol. The molecule has 0 aromatic carbocycles. The molecule has 0 radical (unpaired) electrons. The molecule has 7 nitrogen and oxygen atoms in total. The van der Waals surface area contributed by atoms with Crippen LogP contribution in [-0.2, 0) is 9.53 Å². The van der Waals surface area contributed by atoms with Gasteiger partial charge in [-0.1, -0.05) is 6.92 Å². The standard InChI is InChI=1S/C14H18F2N2O5/c1-2-3-10(20)17-8-4-5-18(11(21)6-8)13-14(15,16)12(22)9(7-19)23-13/h4-6,9,12-13,19,22H,2-3,7H2,1H3,(H,17,20)/t9-,12-,13-/m1/s1. The van der Waals surface area contributed by atoms with Gasteiger partial charge in [-0.2, -0.15) is 8.78 Å². The van der Waals surface area contributed by atoms with Crippen LogP contribution in [0.4, 0.5) is 14.5 Å². The summed E-state index contributed by atoms with van der Waals surface area (Å²) >= 11 is 0. The molecule has 1 aromatic heterocycles. The highest BCUT2D eigenvalue weighted by atomic mass is 19.3. The second-order valence-corrected chi connectivity index (χ2v) is 5.29. The summed E-state index contributed by atoms with van der Waals surface area (Å²) in [6, 6.07) is 2.28. The van der Waals surface area contributed by atoms with Crippen molar-refractivity contribution < 1.29 is 28.5 Å². The molecule has 128 valence electrons. The van der Waals surface area contributed by atoms with Crippen LogP contribution in [0.15, 0.2) is 23.1 Å². The molecule has 1 amide bonds. The number of rotatable bonds is 5. The number of hydrogen-bond acceptors (Lipinski definition) is 5. The highest BCUT2D eigenvalue weighted by Crippen LogP contribution is 2.42. The Balaban J connectivity index is 2.24. The summed E-state index contributed by atoms with van der Waals surface area (Å²) in [5.41, 5.74) is -0.639. The number of aliphatic hydroxyl groups excluding tert-OH is 2. The number of pyridine rings is 1. The number of nitrogens with one attached hydrogen (secondary N) is 1. The van der Waals surface area contributed by atoms with Crippen LogP contribution in [0.5, 0.6) is 0 Å². The number of aromatic nitrogens is 1. The molecule has 1 saturated heterocycles. The Morgan fingerprint density at radius 2 is 2.22 bits per heavy atom. The predicted octanol–water partition coefficient (Wildman–Crippen LogP) is 0.473. The lowest BCUT2D eigenvalue weighted by atomic mass is 10.1. The van der Waals surface area contributed by atoms with E-state index in [1.54, 1.807) is 0 Å². The number of alkyl halides is 2. The van der Waals surface area contributed by atoms with Gasteiger partial charge in [0.05, 0.1) is 6.61 Å². The summed E-state index contributed by atoms with van der Waals surface area (Å²) in [7, 11) is 0. The van der Waals surface area contributed by atoms with Crippen LogP contribution in [0.3, 0.4) is 0 Å². The Morgan fingerprint density at radius 1 is 1.52 bits per heavy atom. The third kappa shape index (κ3) is 3.41. The summed E-state index contributed by atoms with van der Waals surface area (Å²) in [5, 5.41) is 20.9. The van der Waals surface area contributed by atoms with E-state index in [9.17, 15) is 23.5 Å². The van der Waals surface area contributed by atoms with E-state index in [-0.39, 0.29) is 18.0 Å². The van der Waals surface area contributed by atoms with Crippen LogP contribution >= 0.6 is 0 Å². The normalized spacial score (nSPS) is 26.2. The van der Waals surface area contributed by atoms with Crippen LogP contribution in [0, 0.1) is 0 Å². The van der Waals surface area contributed by atoms with Gasteiger partial charge in [0.25, 0.3) is 5.56 Å². The van der Waals surface area contributed by atoms with Gasteiger partial charge in [-0.3, -0.25) is 14.2 Å². The molecule has 0 saturated carbocycles. The van der Waals surface area contributed by atoms with Crippen LogP contribution < -0.4 is 10.9 Å². The molecule has 1 aliphatic rings. The first kappa shape index (κ1) is 17.5. The van der Waals surface area contributed by atoms with Gasteiger partial charge < -0.3 is 20.3 Å². The number of aliphatic hydroxyl groups is 2. The minimum atomic E-state index is -3.73. The smallest absolute Gasteiger partial charge is 0.320 e. The van der Waals surface area contributed by atoms with Crippen LogP contribution in [0.1, 0.15) is 26.0 Å². The van der Waals surface area contributed by atoms with Crippen molar-refractivity contribution in [2.45, 2.75) is 44.1 Å². The molecule has 1 fully saturated rings. The zero-order valence-electron chi connectivity index (χ0n) is 12.4. The fraction of sp³-hybridized carbons (Fsp3) is 0.571. The molecule has 2 rings (SSSR count). The summed E-state index contributed by atoms with van der Waals surface area (Å²) in [5.74, 6) is -4.02. The number of carbonyl (C=O) groups excluding carboxylic acids is 1. The van der Waals surface area contributed by atoms with E-state index in [4.69, 9.17) is 9.84 Å². The van der Waals surface area contributed by atoms with Crippen molar-refractivity contribution in [1.29, 1.82) is 0 Å². The number of carbonyl (C=O) groups is 1. The highest BCUT2D eigenvalue weighted by Gasteiger charge is 2.59. The Bertz CT molecular complexity index is 634. The average Bonchev–Trinajstić information content (AvgIpc) is 2.70. The Hall–Kier alpha value is -1.84. The van der Waals surface area contributed by atoms with Gasteiger partial charge in [0.15, 0.2) is 6.10 Å². The van der Waals surface area contributed by atoms with Crippen molar-refractivity contribution >= 4 is 11.6 Å². The fourth-order valence-electron chi connectivity index (χ4n) is 2.33. The van der Waals surface area contributed by atoms with Gasteiger partial charge in [0, 0.05) is 24.4 Å². The van der Waals surface area contributed by atoms with E-state index in [1.807, 2.05) is 6.92 Å². The monoisotopic (exact) mass is 332 g/mol. The summed E-state index contributed by atoms with van der Waals surface area (Å²) in [6.45, 7) is 1.02. The van der Waals surface area contributed by atoms with E-state index in [0.717, 1.165) is 12.3 Å². The Morgan fingerprint density at radius 3 is 2.74 bits per heavy atom. The van der Waals surface area contributed by atoms with Crippen molar-refractivity contribution in [1.82, 2.24) is 4.57 Å². The SMILES string of the molecule is CCCC(=O)Nc1ccn([C@@H]2O[C@H](CO)[C@@H](O)C2(F)F)c(=O)c1. The number of ether oxygens (including phenoxy) is 1. The maximum atomic E-state index is 14.0. The molecule has 23 heavy (non-hydrogen) atoms. The minimum absolute atomic E-state index is 0.185. The molecule has 0 aliphatic carbocycles. The van der Waals surface area contributed by atoms with Crippen molar-refractivity contribution in [2.75, 3.05) is 11.9 Å². The van der Waals surface area contributed by atoms with Gasteiger partial charge in [-0.25, -0.2) is 0 Å². The first-order valence-electron chi connectivity index (χ1n) is 7.15. The summed E-state index contributed by atoms with van der Waals surface area (Å²) < 4.78 is 33.5. The first-order chi connectivity index (χ1) is 10.8. The van der Waals surface area contributed by atoms with E-state index in [0.29, 0.717) is 11.0 Å². The molecule has 0 spiro atoms. The third-order valence-corrected chi connectivity index (χ3v) is 3.52. The Kier molecular flexibility index (Phi) is 5.12. The maximum Gasteiger partial charge on any atom is 0.320 e. The third-order valence-electron chi connectivity index (χ3n) is 3.52. The molecule has 1 aromatic rings. The number of anilines is 1. The number of nitrogens with zero attached hydrogens (tertiary/aromatic N) is 1. The molecular formula is C14H18F2N2O5. The zero-order valence-corrected chi connectivity index (χ0v) is 12.4. The molecule has 9 heteroatoms. The van der Waals surface area contributed by atoms with Gasteiger partial charge in [0.2, 0.25) is 12.1 Å². The topological polar surface area (TPSA) is 101 Å². The highest BCUT2D eigenvalue weighted by molar-refractivity contribution is 5.90. The molecule has 0 bridgehead atoms. The number of hydrogen-bond donors (Lipinski definition) is 3. The average molecular weight is 332 g/mol. The lowest BCUT2D eigenvalue weighted by molar-refractivity contribution is -0.140. The van der Waals surface area contributed by atoms with E-state index >= 15 is 0 Å². The second-order valence-electron chi connectivity index (χ2n) is 5.29. The van der Waals surface area contributed by atoms with Gasteiger partial charge in [-0.05, 0) is 12.5 Å². The van der Waals surface area contributed by atoms with Crippen molar-refractivity contribution in [2.24, 2.45) is 0 Å². The van der Waals surface area contributed by atoms with Crippen LogP contribution in [0.25, 0.3) is 0 Å². The van der Waals surface area contributed by atoms with Gasteiger partial charge in [-0.15, -0.1) is 0 Å². The van der Waals surface area contributed by atoms with E-state index in [2.05, 4.69) is 5.32 Å². The Labute approximate surface area is 130 Å². The summed E-state index contributed by atoms with van der Waals surface area (Å²) in [4.78, 5) is 23.5. The number of amides is 1. The van der Waals surface area contributed by atoms with E-state index < -0.39 is 36.5 Å². The van der Waals surface area contributed by atoms with Crippen LogP contribution in [0.2, 0.25) is 0 Å². The van der Waals surface area contributed by atoms with Crippen molar-refractivity contribution in [3.05, 3.63) is 28.7 Å². The van der Waals surface area contributed by atoms with Gasteiger partial charge in [0.1, 0.15) is 6.10 Å². The number of halogens is 2. The fourth-order valence-corrected chi connectivity index (χ4v) is 2.33. The maximum absolute atomic E-state index is 14.0. The predicted molar refractivity (Wildman–Crippen MR) is 76.2 cm³/mol. The molecule has 0 unspecified atom stereocenters. The lowest BCUT2D eigenvalue weighted by Crippen LogP contribution is -2.41. The second kappa shape index (κ2) is 6.73. The van der Waals surface area contributed by atoms with Gasteiger partial charge >= 0.3 is 5.92 Å². The zero-order chi connectivity index (χ0) is 17.2. The lowest BCUT2D eigenvalue weighted by Gasteiger charge is -2.21.